The van der Waals surface area contributed by atoms with Crippen molar-refractivity contribution in [1.82, 2.24) is 4.90 Å². The van der Waals surface area contributed by atoms with Crippen LogP contribution < -0.4 is 10.1 Å². The number of carbonyl (C=O) groups excluding carboxylic acids is 2. The van der Waals surface area contributed by atoms with Crippen LogP contribution in [-0.2, 0) is 9.59 Å². The van der Waals surface area contributed by atoms with Crippen molar-refractivity contribution in [2.24, 2.45) is 4.99 Å². The maximum absolute atomic E-state index is 12.8. The Balaban J connectivity index is 1.83. The summed E-state index contributed by atoms with van der Waals surface area (Å²) in [7, 11) is 1.54. The second kappa shape index (κ2) is 9.62. The Bertz CT molecular complexity index is 946. The van der Waals surface area contributed by atoms with Crippen molar-refractivity contribution in [3.8, 4) is 5.75 Å². The zero-order valence-corrected chi connectivity index (χ0v) is 17.4. The van der Waals surface area contributed by atoms with E-state index in [0.29, 0.717) is 33.9 Å². The Morgan fingerprint density at radius 1 is 1.34 bits per heavy atom. The normalized spacial score (nSPS) is 17.9. The van der Waals surface area contributed by atoms with Crippen LogP contribution in [0.2, 0.25) is 5.02 Å². The molecule has 0 radical (unpaired) electrons. The van der Waals surface area contributed by atoms with Gasteiger partial charge in [-0.1, -0.05) is 41.6 Å². The highest BCUT2D eigenvalue weighted by Crippen LogP contribution is 2.31. The second-order valence-corrected chi connectivity index (χ2v) is 7.77. The number of para-hydroxylation sites is 2. The van der Waals surface area contributed by atoms with Gasteiger partial charge in [0.05, 0.1) is 18.5 Å². The smallest absolute Gasteiger partial charge is 0.238 e. The SMILES string of the molecule is C=CCN1C(=O)CC(C(=O)Nc2ccccc2OC)SC1=Nc1ccc(Cl)cc1. The molecule has 8 heteroatoms. The minimum atomic E-state index is -0.612. The molecule has 150 valence electrons. The van der Waals surface area contributed by atoms with Gasteiger partial charge < -0.3 is 10.1 Å². The molecular formula is C21H20ClN3O3S. The minimum Gasteiger partial charge on any atom is -0.495 e. The van der Waals surface area contributed by atoms with Gasteiger partial charge in [0.2, 0.25) is 11.8 Å². The third-order valence-corrected chi connectivity index (χ3v) is 5.60. The summed E-state index contributed by atoms with van der Waals surface area (Å²) in [5.74, 6) is 0.0859. The van der Waals surface area contributed by atoms with E-state index in [1.165, 1.54) is 23.8 Å². The Kier molecular flexibility index (Phi) is 6.95. The van der Waals surface area contributed by atoms with E-state index < -0.39 is 5.25 Å². The minimum absolute atomic E-state index is 0.0686. The topological polar surface area (TPSA) is 71.0 Å². The summed E-state index contributed by atoms with van der Waals surface area (Å²) in [4.78, 5) is 31.6. The molecule has 2 aromatic carbocycles. The molecule has 0 aromatic heterocycles. The fourth-order valence-electron chi connectivity index (χ4n) is 2.74. The number of hydrogen-bond donors (Lipinski definition) is 1. The molecule has 0 aliphatic carbocycles. The summed E-state index contributed by atoms with van der Waals surface area (Å²) in [6.07, 6.45) is 1.70. The summed E-state index contributed by atoms with van der Waals surface area (Å²) in [6, 6.07) is 14.1. The van der Waals surface area contributed by atoms with Gasteiger partial charge in [-0.15, -0.1) is 6.58 Å². The Hall–Kier alpha value is -2.77. The lowest BCUT2D eigenvalue weighted by Crippen LogP contribution is -2.45. The molecule has 0 spiro atoms. The second-order valence-electron chi connectivity index (χ2n) is 6.16. The van der Waals surface area contributed by atoms with Gasteiger partial charge in [-0.3, -0.25) is 14.5 Å². The van der Waals surface area contributed by atoms with Crippen molar-refractivity contribution >= 4 is 51.7 Å². The fourth-order valence-corrected chi connectivity index (χ4v) is 3.97. The van der Waals surface area contributed by atoms with E-state index in [-0.39, 0.29) is 18.2 Å². The molecule has 6 nitrogen and oxygen atoms in total. The number of methoxy groups -OCH3 is 1. The van der Waals surface area contributed by atoms with Crippen LogP contribution >= 0.6 is 23.4 Å². The predicted molar refractivity (Wildman–Crippen MR) is 118 cm³/mol. The monoisotopic (exact) mass is 429 g/mol. The number of ether oxygens (including phenoxy) is 1. The van der Waals surface area contributed by atoms with E-state index in [9.17, 15) is 9.59 Å². The zero-order valence-electron chi connectivity index (χ0n) is 15.8. The number of carbonyl (C=O) groups is 2. The number of benzene rings is 2. The van der Waals surface area contributed by atoms with Crippen molar-refractivity contribution in [2.75, 3.05) is 19.0 Å². The highest BCUT2D eigenvalue weighted by molar-refractivity contribution is 8.15. The number of nitrogens with one attached hydrogen (secondary N) is 1. The number of halogens is 1. The Morgan fingerprint density at radius 2 is 2.07 bits per heavy atom. The van der Waals surface area contributed by atoms with Crippen molar-refractivity contribution in [2.45, 2.75) is 11.7 Å². The van der Waals surface area contributed by atoms with Gasteiger partial charge in [-0.05, 0) is 36.4 Å². The molecule has 1 atom stereocenters. The number of amides is 2. The van der Waals surface area contributed by atoms with Gasteiger partial charge in [-0.25, -0.2) is 4.99 Å². The van der Waals surface area contributed by atoms with Gasteiger partial charge in [0, 0.05) is 18.0 Å². The van der Waals surface area contributed by atoms with Crippen LogP contribution in [0.15, 0.2) is 66.2 Å². The van der Waals surface area contributed by atoms with E-state index in [2.05, 4.69) is 16.9 Å². The first-order chi connectivity index (χ1) is 14.0. The average molecular weight is 430 g/mol. The third-order valence-electron chi connectivity index (χ3n) is 4.16. The lowest BCUT2D eigenvalue weighted by atomic mass is 10.2. The molecule has 1 unspecified atom stereocenters. The molecule has 1 heterocycles. The Morgan fingerprint density at radius 3 is 2.76 bits per heavy atom. The molecular weight excluding hydrogens is 410 g/mol. The first-order valence-electron chi connectivity index (χ1n) is 8.88. The molecule has 1 saturated heterocycles. The first-order valence-corrected chi connectivity index (χ1v) is 10.1. The number of aliphatic imine (C=N–C) groups is 1. The van der Waals surface area contributed by atoms with Crippen molar-refractivity contribution in [3.63, 3.8) is 0 Å². The van der Waals surface area contributed by atoms with E-state index in [1.807, 2.05) is 6.07 Å². The van der Waals surface area contributed by atoms with E-state index in [4.69, 9.17) is 16.3 Å². The summed E-state index contributed by atoms with van der Waals surface area (Å²) >= 11 is 7.17. The molecule has 2 amide bonds. The summed E-state index contributed by atoms with van der Waals surface area (Å²) in [5.41, 5.74) is 1.20. The van der Waals surface area contributed by atoms with Crippen molar-refractivity contribution in [3.05, 3.63) is 66.2 Å². The molecule has 1 fully saturated rings. The van der Waals surface area contributed by atoms with Crippen LogP contribution in [0.4, 0.5) is 11.4 Å². The Labute approximate surface area is 178 Å². The first kappa shape index (κ1) is 21.0. The lowest BCUT2D eigenvalue weighted by molar-refractivity contribution is -0.129. The van der Waals surface area contributed by atoms with Gasteiger partial charge in [0.1, 0.15) is 11.0 Å². The number of amidine groups is 1. The van der Waals surface area contributed by atoms with Crippen LogP contribution in [0.5, 0.6) is 5.75 Å². The van der Waals surface area contributed by atoms with Crippen molar-refractivity contribution < 1.29 is 14.3 Å². The number of anilines is 1. The quantitative estimate of drug-likeness (QED) is 0.686. The van der Waals surface area contributed by atoms with Gasteiger partial charge in [-0.2, -0.15) is 0 Å². The summed E-state index contributed by atoms with van der Waals surface area (Å²) in [6.45, 7) is 4.02. The number of hydrogen-bond acceptors (Lipinski definition) is 5. The van der Waals surface area contributed by atoms with E-state index in [1.54, 1.807) is 48.5 Å². The molecule has 2 aromatic rings. The highest BCUT2D eigenvalue weighted by atomic mass is 35.5. The summed E-state index contributed by atoms with van der Waals surface area (Å²) < 4.78 is 5.27. The molecule has 1 aliphatic heterocycles. The van der Waals surface area contributed by atoms with Crippen LogP contribution in [-0.4, -0.2) is 40.8 Å². The van der Waals surface area contributed by atoms with Crippen LogP contribution in [0.3, 0.4) is 0 Å². The third kappa shape index (κ3) is 5.19. The lowest BCUT2D eigenvalue weighted by Gasteiger charge is -2.31. The maximum atomic E-state index is 12.8. The van der Waals surface area contributed by atoms with Crippen molar-refractivity contribution in [1.29, 1.82) is 0 Å². The molecule has 0 saturated carbocycles. The molecule has 1 aliphatic rings. The summed E-state index contributed by atoms with van der Waals surface area (Å²) in [5, 5.41) is 3.27. The fraction of sp³-hybridized carbons (Fsp3) is 0.190. The molecule has 1 N–H and O–H groups in total. The average Bonchev–Trinajstić information content (AvgIpc) is 2.72. The van der Waals surface area contributed by atoms with Crippen LogP contribution in [0, 0.1) is 0 Å². The number of nitrogens with zero attached hydrogens (tertiary/aromatic N) is 2. The van der Waals surface area contributed by atoms with Crippen LogP contribution in [0.25, 0.3) is 0 Å². The number of rotatable bonds is 6. The standard InChI is InChI=1S/C21H20ClN3O3S/c1-3-12-25-19(26)13-18(20(27)24-16-6-4-5-7-17(16)28-2)29-21(25)23-15-10-8-14(22)9-11-15/h3-11,18H,1,12-13H2,2H3,(H,24,27). The maximum Gasteiger partial charge on any atom is 0.238 e. The molecule has 29 heavy (non-hydrogen) atoms. The predicted octanol–water partition coefficient (Wildman–Crippen LogP) is 4.49. The van der Waals surface area contributed by atoms with E-state index in [0.717, 1.165) is 0 Å². The van der Waals surface area contributed by atoms with Gasteiger partial charge in [0.15, 0.2) is 5.17 Å². The van der Waals surface area contributed by atoms with Gasteiger partial charge in [0.25, 0.3) is 0 Å². The van der Waals surface area contributed by atoms with Crippen LogP contribution in [0.1, 0.15) is 6.42 Å². The largest absolute Gasteiger partial charge is 0.495 e. The van der Waals surface area contributed by atoms with Gasteiger partial charge >= 0.3 is 0 Å². The molecule has 0 bridgehead atoms. The van der Waals surface area contributed by atoms with E-state index >= 15 is 0 Å². The molecule has 3 rings (SSSR count). The zero-order chi connectivity index (χ0) is 20.8. The highest BCUT2D eigenvalue weighted by Gasteiger charge is 2.35. The number of thioether (sulfide) groups is 1.